The van der Waals surface area contributed by atoms with E-state index in [-0.39, 0.29) is 11.7 Å². The van der Waals surface area contributed by atoms with Gasteiger partial charge in [-0.1, -0.05) is 12.1 Å². The molecule has 2 aromatic rings. The van der Waals surface area contributed by atoms with Crippen LogP contribution in [0.15, 0.2) is 53.4 Å². The summed E-state index contributed by atoms with van der Waals surface area (Å²) in [5.41, 5.74) is 0.906. The molecule has 1 fully saturated rings. The van der Waals surface area contributed by atoms with Crippen molar-refractivity contribution in [3.8, 4) is 5.75 Å². The van der Waals surface area contributed by atoms with Crippen LogP contribution in [0.25, 0.3) is 0 Å². The van der Waals surface area contributed by atoms with E-state index in [2.05, 4.69) is 4.90 Å². The molecule has 26 heavy (non-hydrogen) atoms. The van der Waals surface area contributed by atoms with Gasteiger partial charge in [0.15, 0.2) is 0 Å². The van der Waals surface area contributed by atoms with Crippen LogP contribution in [0.5, 0.6) is 5.75 Å². The number of hydrogen-bond donors (Lipinski definition) is 0. The first-order chi connectivity index (χ1) is 12.4. The van der Waals surface area contributed by atoms with Crippen molar-refractivity contribution in [3.63, 3.8) is 0 Å². The van der Waals surface area contributed by atoms with Crippen molar-refractivity contribution in [3.05, 3.63) is 54.3 Å². The van der Waals surface area contributed by atoms with Gasteiger partial charge in [0.25, 0.3) is 0 Å². The van der Waals surface area contributed by atoms with Crippen LogP contribution in [0.3, 0.4) is 0 Å². The van der Waals surface area contributed by atoms with E-state index >= 15 is 0 Å². The van der Waals surface area contributed by atoms with Crippen LogP contribution in [0, 0.1) is 5.82 Å². The highest BCUT2D eigenvalue weighted by Gasteiger charge is 2.22. The van der Waals surface area contributed by atoms with Crippen LogP contribution < -0.4 is 9.08 Å². The minimum atomic E-state index is -4.23. The molecule has 0 unspecified atom stereocenters. The lowest BCUT2D eigenvalue weighted by atomic mass is 10.2. The molecule has 8 heteroatoms. The quantitative estimate of drug-likeness (QED) is 0.764. The molecule has 1 saturated heterocycles. The Hall–Kier alpha value is -2.61. The van der Waals surface area contributed by atoms with Gasteiger partial charge in [-0.05, 0) is 36.4 Å². The number of benzene rings is 2. The average Bonchev–Trinajstić information content (AvgIpc) is 2.62. The van der Waals surface area contributed by atoms with Crippen LogP contribution in [-0.2, 0) is 14.9 Å². The Balaban J connectivity index is 1.69. The number of amides is 1. The van der Waals surface area contributed by atoms with Gasteiger partial charge in [-0.3, -0.25) is 4.79 Å². The smallest absolute Gasteiger partial charge is 0.342 e. The zero-order valence-electron chi connectivity index (χ0n) is 14.3. The molecule has 1 amide bonds. The molecule has 138 valence electrons. The maximum Gasteiger partial charge on any atom is 0.342 e. The Labute approximate surface area is 151 Å². The maximum absolute atomic E-state index is 13.7. The molecule has 0 bridgehead atoms. The highest BCUT2D eigenvalue weighted by Crippen LogP contribution is 2.24. The van der Waals surface area contributed by atoms with Crippen molar-refractivity contribution >= 4 is 21.7 Å². The topological polar surface area (TPSA) is 66.9 Å². The maximum atomic E-state index is 13.7. The summed E-state index contributed by atoms with van der Waals surface area (Å²) in [6.07, 6.45) is 0. The Morgan fingerprint density at radius 3 is 2.19 bits per heavy atom. The zero-order chi connectivity index (χ0) is 18.7. The van der Waals surface area contributed by atoms with E-state index in [1.54, 1.807) is 24.0 Å². The first-order valence-electron chi connectivity index (χ1n) is 8.16. The largest absolute Gasteiger partial charge is 0.379 e. The lowest BCUT2D eigenvalue weighted by molar-refractivity contribution is -0.129. The van der Waals surface area contributed by atoms with E-state index in [9.17, 15) is 17.6 Å². The van der Waals surface area contributed by atoms with Gasteiger partial charge >= 0.3 is 10.1 Å². The van der Waals surface area contributed by atoms with E-state index in [0.29, 0.717) is 26.2 Å². The molecule has 0 spiro atoms. The standard InChI is InChI=1S/C18H19FN2O4S/c1-14(22)20-10-12-21(13-11-20)15-6-8-16(9-7-15)25-26(23,24)18-5-3-2-4-17(18)19/h2-9H,10-13H2,1H3. The average molecular weight is 378 g/mol. The zero-order valence-corrected chi connectivity index (χ0v) is 15.1. The summed E-state index contributed by atoms with van der Waals surface area (Å²) in [6.45, 7) is 4.25. The number of halogens is 1. The van der Waals surface area contributed by atoms with Crippen molar-refractivity contribution in [2.45, 2.75) is 11.8 Å². The van der Waals surface area contributed by atoms with Gasteiger partial charge in [0.2, 0.25) is 5.91 Å². The molecule has 0 atom stereocenters. The van der Waals surface area contributed by atoms with Gasteiger partial charge in [0, 0.05) is 38.8 Å². The molecule has 0 aliphatic carbocycles. The van der Waals surface area contributed by atoms with Crippen LogP contribution in [-0.4, -0.2) is 45.4 Å². The van der Waals surface area contributed by atoms with Crippen LogP contribution >= 0.6 is 0 Å². The summed E-state index contributed by atoms with van der Waals surface area (Å²) < 4.78 is 43.1. The van der Waals surface area contributed by atoms with Crippen molar-refractivity contribution in [1.29, 1.82) is 0 Å². The predicted molar refractivity (Wildman–Crippen MR) is 95.1 cm³/mol. The molecule has 0 radical (unpaired) electrons. The summed E-state index contributed by atoms with van der Waals surface area (Å²) in [4.78, 5) is 14.8. The summed E-state index contributed by atoms with van der Waals surface area (Å²) >= 11 is 0. The van der Waals surface area contributed by atoms with Crippen molar-refractivity contribution < 1.29 is 21.8 Å². The van der Waals surface area contributed by atoms with E-state index in [0.717, 1.165) is 17.8 Å². The van der Waals surface area contributed by atoms with Gasteiger partial charge < -0.3 is 14.0 Å². The molecule has 0 aromatic heterocycles. The minimum absolute atomic E-state index is 0.0618. The highest BCUT2D eigenvalue weighted by atomic mass is 32.2. The first-order valence-corrected chi connectivity index (χ1v) is 9.57. The molecule has 1 aliphatic rings. The second-order valence-corrected chi connectivity index (χ2v) is 7.47. The summed E-state index contributed by atoms with van der Waals surface area (Å²) in [7, 11) is -4.23. The Bertz CT molecular complexity index is 892. The van der Waals surface area contributed by atoms with Gasteiger partial charge in [0.1, 0.15) is 16.5 Å². The molecule has 3 rings (SSSR count). The Morgan fingerprint density at radius 1 is 1.00 bits per heavy atom. The third-order valence-electron chi connectivity index (χ3n) is 4.24. The van der Waals surface area contributed by atoms with E-state index < -0.39 is 20.8 Å². The van der Waals surface area contributed by atoms with Crippen LogP contribution in [0.4, 0.5) is 10.1 Å². The lowest BCUT2D eigenvalue weighted by Gasteiger charge is -2.35. The van der Waals surface area contributed by atoms with E-state index in [4.69, 9.17) is 4.18 Å². The first kappa shape index (κ1) is 18.2. The number of carbonyl (C=O) groups is 1. The van der Waals surface area contributed by atoms with Gasteiger partial charge in [-0.15, -0.1) is 0 Å². The number of piperazine rings is 1. The molecule has 0 saturated carbocycles. The molecule has 2 aromatic carbocycles. The second kappa shape index (κ2) is 7.33. The SMILES string of the molecule is CC(=O)N1CCN(c2ccc(OS(=O)(=O)c3ccccc3F)cc2)CC1. The lowest BCUT2D eigenvalue weighted by Crippen LogP contribution is -2.48. The number of rotatable bonds is 4. The number of hydrogen-bond acceptors (Lipinski definition) is 5. The van der Waals surface area contributed by atoms with Crippen LogP contribution in [0.1, 0.15) is 6.92 Å². The van der Waals surface area contributed by atoms with Gasteiger partial charge in [0.05, 0.1) is 0 Å². The van der Waals surface area contributed by atoms with Crippen molar-refractivity contribution in [2.24, 2.45) is 0 Å². The van der Waals surface area contributed by atoms with E-state index in [1.165, 1.54) is 24.3 Å². The highest BCUT2D eigenvalue weighted by molar-refractivity contribution is 7.87. The molecular weight excluding hydrogens is 359 g/mol. The Morgan fingerprint density at radius 2 is 1.62 bits per heavy atom. The number of anilines is 1. The molecular formula is C18H19FN2O4S. The fourth-order valence-corrected chi connectivity index (χ4v) is 3.82. The van der Waals surface area contributed by atoms with Crippen LogP contribution in [0.2, 0.25) is 0 Å². The molecule has 1 heterocycles. The van der Waals surface area contributed by atoms with Gasteiger partial charge in [-0.2, -0.15) is 8.42 Å². The Kier molecular flexibility index (Phi) is 5.13. The number of carbonyl (C=O) groups excluding carboxylic acids is 1. The normalized spacial score (nSPS) is 15.0. The van der Waals surface area contributed by atoms with Crippen molar-refractivity contribution in [2.75, 3.05) is 31.1 Å². The third kappa shape index (κ3) is 3.96. The second-order valence-electron chi connectivity index (χ2n) is 5.95. The summed E-state index contributed by atoms with van der Waals surface area (Å²) in [5, 5.41) is 0. The fraction of sp³-hybridized carbons (Fsp3) is 0.278. The molecule has 0 N–H and O–H groups in total. The van der Waals surface area contributed by atoms with Gasteiger partial charge in [-0.25, -0.2) is 4.39 Å². The number of nitrogens with zero attached hydrogens (tertiary/aromatic N) is 2. The molecule has 6 nitrogen and oxygen atoms in total. The minimum Gasteiger partial charge on any atom is -0.379 e. The summed E-state index contributed by atoms with van der Waals surface area (Å²) in [6, 6.07) is 11.6. The molecule has 1 aliphatic heterocycles. The monoisotopic (exact) mass is 378 g/mol. The summed E-state index contributed by atoms with van der Waals surface area (Å²) in [5.74, 6) is -0.682. The van der Waals surface area contributed by atoms with E-state index in [1.807, 2.05) is 0 Å². The fourth-order valence-electron chi connectivity index (χ4n) is 2.81. The van der Waals surface area contributed by atoms with Crippen molar-refractivity contribution in [1.82, 2.24) is 4.90 Å². The predicted octanol–water partition coefficient (Wildman–Crippen LogP) is 2.26. The third-order valence-corrected chi connectivity index (χ3v) is 5.52.